The van der Waals surface area contributed by atoms with E-state index in [1.807, 2.05) is 30.5 Å². The van der Waals surface area contributed by atoms with E-state index in [0.29, 0.717) is 6.42 Å². The van der Waals surface area contributed by atoms with E-state index in [4.69, 9.17) is 22.3 Å². The molecule has 4 heteroatoms. The van der Waals surface area contributed by atoms with Crippen LogP contribution < -0.4 is 5.73 Å². The molecule has 3 nitrogen and oxygen atoms in total. The molecule has 2 aromatic rings. The maximum absolute atomic E-state index is 6.25. The van der Waals surface area contributed by atoms with Gasteiger partial charge in [0.15, 0.2) is 0 Å². The largest absolute Gasteiger partial charge is 0.324 e. The van der Waals surface area contributed by atoms with Crippen molar-refractivity contribution in [2.75, 3.05) is 0 Å². The molecule has 1 aromatic heterocycles. The van der Waals surface area contributed by atoms with Gasteiger partial charge in [-0.05, 0) is 36.0 Å². The summed E-state index contributed by atoms with van der Waals surface area (Å²) in [4.78, 5) is 9.23. The average molecular weight is 302 g/mol. The molecular weight excluding hydrogens is 282 g/mol. The smallest absolute Gasteiger partial charge is 0.132 e. The van der Waals surface area contributed by atoms with Crippen LogP contribution in [0.3, 0.4) is 0 Å². The van der Waals surface area contributed by atoms with Crippen LogP contribution in [0.1, 0.15) is 49.0 Å². The molecule has 0 amide bonds. The molecule has 1 heterocycles. The lowest BCUT2D eigenvalue weighted by atomic mass is 9.74. The summed E-state index contributed by atoms with van der Waals surface area (Å²) in [5, 5.41) is 0.744. The van der Waals surface area contributed by atoms with E-state index in [2.05, 4.69) is 18.8 Å². The topological polar surface area (TPSA) is 51.8 Å². The normalized spacial score (nSPS) is 20.1. The molecule has 0 radical (unpaired) electrons. The van der Waals surface area contributed by atoms with Crippen molar-refractivity contribution in [3.63, 3.8) is 0 Å². The number of nitrogens with two attached hydrogens (primary N) is 1. The second-order valence-corrected chi connectivity index (χ2v) is 7.08. The van der Waals surface area contributed by atoms with Crippen molar-refractivity contribution in [1.29, 1.82) is 0 Å². The van der Waals surface area contributed by atoms with E-state index in [9.17, 15) is 0 Å². The first kappa shape index (κ1) is 14.5. The Morgan fingerprint density at radius 2 is 2.19 bits per heavy atom. The number of benzene rings is 1. The zero-order valence-electron chi connectivity index (χ0n) is 12.4. The first-order valence-corrected chi connectivity index (χ1v) is 7.65. The minimum Gasteiger partial charge on any atom is -0.324 e. The molecule has 1 aliphatic rings. The monoisotopic (exact) mass is 301 g/mol. The molecule has 110 valence electrons. The van der Waals surface area contributed by atoms with Crippen LogP contribution in [-0.2, 0) is 12.8 Å². The molecule has 0 saturated heterocycles. The zero-order chi connectivity index (χ0) is 15.0. The number of hydrogen-bond donors (Lipinski definition) is 1. The van der Waals surface area contributed by atoms with Gasteiger partial charge in [0, 0.05) is 34.9 Å². The Labute approximate surface area is 130 Å². The Morgan fingerprint density at radius 1 is 1.38 bits per heavy atom. The van der Waals surface area contributed by atoms with Crippen molar-refractivity contribution in [3.05, 3.63) is 58.1 Å². The molecule has 21 heavy (non-hydrogen) atoms. The standard InChI is InChI=1S/C17H20ClN3/c1-17(2)8-14(19)13-10-20-16(21-15(13)9-17)7-11-4-3-5-12(18)6-11/h3-6,10,14H,7-9,19H2,1-2H3. The average Bonchev–Trinajstić information content (AvgIpc) is 2.36. The van der Waals surface area contributed by atoms with Gasteiger partial charge >= 0.3 is 0 Å². The highest BCUT2D eigenvalue weighted by molar-refractivity contribution is 6.30. The molecular formula is C17H20ClN3. The summed E-state index contributed by atoms with van der Waals surface area (Å²) >= 11 is 6.03. The molecule has 1 unspecified atom stereocenters. The van der Waals surface area contributed by atoms with E-state index < -0.39 is 0 Å². The van der Waals surface area contributed by atoms with Gasteiger partial charge in [-0.2, -0.15) is 0 Å². The minimum atomic E-state index is 0.0453. The third-order valence-electron chi connectivity index (χ3n) is 4.02. The SMILES string of the molecule is CC1(C)Cc2nc(Cc3cccc(Cl)c3)ncc2C(N)C1. The summed E-state index contributed by atoms with van der Waals surface area (Å²) in [5.41, 5.74) is 9.78. The van der Waals surface area contributed by atoms with Gasteiger partial charge < -0.3 is 5.73 Å². The third-order valence-corrected chi connectivity index (χ3v) is 4.25. The van der Waals surface area contributed by atoms with Crippen LogP contribution in [0.25, 0.3) is 0 Å². The quantitative estimate of drug-likeness (QED) is 0.920. The molecule has 1 aliphatic carbocycles. The Morgan fingerprint density at radius 3 is 2.95 bits per heavy atom. The Bertz CT molecular complexity index is 667. The maximum atomic E-state index is 6.25. The molecule has 0 fully saturated rings. The highest BCUT2D eigenvalue weighted by atomic mass is 35.5. The lowest BCUT2D eigenvalue weighted by molar-refractivity contribution is 0.277. The first-order valence-electron chi connectivity index (χ1n) is 7.28. The fourth-order valence-corrected chi connectivity index (χ4v) is 3.28. The molecule has 1 atom stereocenters. The van der Waals surface area contributed by atoms with Crippen molar-refractivity contribution < 1.29 is 0 Å². The van der Waals surface area contributed by atoms with Crippen LogP contribution >= 0.6 is 11.6 Å². The van der Waals surface area contributed by atoms with E-state index in [1.54, 1.807) is 0 Å². The zero-order valence-corrected chi connectivity index (χ0v) is 13.2. The summed E-state index contributed by atoms with van der Waals surface area (Å²) in [6.45, 7) is 4.49. The van der Waals surface area contributed by atoms with Crippen molar-refractivity contribution in [2.45, 2.75) is 39.2 Å². The fourth-order valence-electron chi connectivity index (χ4n) is 3.06. The molecule has 0 saturated carbocycles. The fraction of sp³-hybridized carbons (Fsp3) is 0.412. The second-order valence-electron chi connectivity index (χ2n) is 6.65. The summed E-state index contributed by atoms with van der Waals surface area (Å²) in [5.74, 6) is 0.834. The van der Waals surface area contributed by atoms with Crippen LogP contribution in [0.5, 0.6) is 0 Å². The van der Waals surface area contributed by atoms with Crippen molar-refractivity contribution in [1.82, 2.24) is 9.97 Å². The Kier molecular flexibility index (Phi) is 3.72. The van der Waals surface area contributed by atoms with Gasteiger partial charge in [0.25, 0.3) is 0 Å². The lowest BCUT2D eigenvalue weighted by Gasteiger charge is -2.34. The van der Waals surface area contributed by atoms with Gasteiger partial charge in [-0.25, -0.2) is 9.97 Å². The van der Waals surface area contributed by atoms with E-state index in [1.165, 1.54) is 0 Å². The maximum Gasteiger partial charge on any atom is 0.132 e. The molecule has 3 rings (SSSR count). The molecule has 2 N–H and O–H groups in total. The Balaban J connectivity index is 1.89. The molecule has 0 aliphatic heterocycles. The number of halogens is 1. The van der Waals surface area contributed by atoms with E-state index in [-0.39, 0.29) is 11.5 Å². The lowest BCUT2D eigenvalue weighted by Crippen LogP contribution is -2.31. The van der Waals surface area contributed by atoms with Crippen LogP contribution in [0.2, 0.25) is 5.02 Å². The number of nitrogens with zero attached hydrogens (tertiary/aromatic N) is 2. The van der Waals surface area contributed by atoms with Crippen molar-refractivity contribution >= 4 is 11.6 Å². The number of aromatic nitrogens is 2. The summed E-state index contributed by atoms with van der Waals surface area (Å²) in [6.07, 6.45) is 4.55. The summed E-state index contributed by atoms with van der Waals surface area (Å²) < 4.78 is 0. The van der Waals surface area contributed by atoms with Crippen LogP contribution in [0, 0.1) is 5.41 Å². The highest BCUT2D eigenvalue weighted by Gasteiger charge is 2.31. The van der Waals surface area contributed by atoms with Gasteiger partial charge in [0.05, 0.1) is 0 Å². The van der Waals surface area contributed by atoms with Crippen molar-refractivity contribution in [3.8, 4) is 0 Å². The highest BCUT2D eigenvalue weighted by Crippen LogP contribution is 2.38. The second kappa shape index (κ2) is 5.39. The summed E-state index contributed by atoms with van der Waals surface area (Å²) in [7, 11) is 0. The van der Waals surface area contributed by atoms with Gasteiger partial charge in [-0.15, -0.1) is 0 Å². The van der Waals surface area contributed by atoms with Crippen molar-refractivity contribution in [2.24, 2.45) is 11.1 Å². The number of rotatable bonds is 2. The summed E-state index contributed by atoms with van der Waals surface area (Å²) in [6, 6.07) is 7.88. The molecule has 1 aromatic carbocycles. The van der Waals surface area contributed by atoms with Gasteiger partial charge in [0.2, 0.25) is 0 Å². The predicted molar refractivity (Wildman–Crippen MR) is 85.3 cm³/mol. The number of fused-ring (bicyclic) bond motifs is 1. The predicted octanol–water partition coefficient (Wildman–Crippen LogP) is 3.69. The minimum absolute atomic E-state index is 0.0453. The van der Waals surface area contributed by atoms with E-state index in [0.717, 1.165) is 40.5 Å². The Hall–Kier alpha value is -1.45. The van der Waals surface area contributed by atoms with Gasteiger partial charge in [-0.1, -0.05) is 37.6 Å². The third kappa shape index (κ3) is 3.25. The van der Waals surface area contributed by atoms with Crippen LogP contribution in [0.15, 0.2) is 30.5 Å². The molecule has 0 bridgehead atoms. The first-order chi connectivity index (χ1) is 9.93. The van der Waals surface area contributed by atoms with E-state index >= 15 is 0 Å². The number of hydrogen-bond acceptors (Lipinski definition) is 3. The van der Waals surface area contributed by atoms with Gasteiger partial charge in [0.1, 0.15) is 5.82 Å². The molecule has 0 spiro atoms. The van der Waals surface area contributed by atoms with Crippen LogP contribution in [0.4, 0.5) is 0 Å². The van der Waals surface area contributed by atoms with Gasteiger partial charge in [-0.3, -0.25) is 0 Å². The van der Waals surface area contributed by atoms with Crippen LogP contribution in [-0.4, -0.2) is 9.97 Å².